The topological polar surface area (TPSA) is 26.0 Å². The lowest BCUT2D eigenvalue weighted by Gasteiger charge is -2.11. The largest absolute Gasteiger partial charge is 0.417 e. The highest BCUT2D eigenvalue weighted by Gasteiger charge is 2.33. The van der Waals surface area contributed by atoms with Gasteiger partial charge in [0.2, 0.25) is 0 Å². The highest BCUT2D eigenvalue weighted by Crippen LogP contribution is 2.37. The van der Waals surface area contributed by atoms with E-state index >= 15 is 0 Å². The fourth-order valence-electron chi connectivity index (χ4n) is 1.00. The van der Waals surface area contributed by atoms with Crippen LogP contribution in [-0.4, -0.2) is 0 Å². The minimum Gasteiger partial charge on any atom is -0.399 e. The van der Waals surface area contributed by atoms with Gasteiger partial charge in [-0.05, 0) is 40.5 Å². The molecule has 1 rings (SSSR count). The summed E-state index contributed by atoms with van der Waals surface area (Å²) in [6.07, 6.45) is -4.36. The number of hydrogen-bond acceptors (Lipinski definition) is 1. The number of nitrogen functional groups attached to an aromatic ring is 1. The Labute approximate surface area is 81.9 Å². The lowest BCUT2D eigenvalue weighted by atomic mass is 10.1. The van der Waals surface area contributed by atoms with Crippen molar-refractivity contribution in [2.75, 3.05) is 5.73 Å². The summed E-state index contributed by atoms with van der Waals surface area (Å²) in [7, 11) is 0. The maximum Gasteiger partial charge on any atom is 0.417 e. The van der Waals surface area contributed by atoms with E-state index in [0.717, 1.165) is 6.07 Å². The lowest BCUT2D eigenvalue weighted by Crippen LogP contribution is -2.07. The van der Waals surface area contributed by atoms with Crippen molar-refractivity contribution in [3.05, 3.63) is 27.7 Å². The Morgan fingerprint density at radius 3 is 2.31 bits per heavy atom. The first-order valence-electron chi connectivity index (χ1n) is 3.45. The highest BCUT2D eigenvalue weighted by molar-refractivity contribution is 9.10. The predicted octanol–water partition coefficient (Wildman–Crippen LogP) is 3.36. The summed E-state index contributed by atoms with van der Waals surface area (Å²) in [5.41, 5.74) is 5.17. The average molecular weight is 254 g/mol. The van der Waals surface area contributed by atoms with E-state index in [-0.39, 0.29) is 10.2 Å². The van der Waals surface area contributed by atoms with Crippen LogP contribution in [0.2, 0.25) is 0 Å². The van der Waals surface area contributed by atoms with Gasteiger partial charge in [0.15, 0.2) is 0 Å². The monoisotopic (exact) mass is 253 g/mol. The van der Waals surface area contributed by atoms with E-state index in [0.29, 0.717) is 5.56 Å². The summed E-state index contributed by atoms with van der Waals surface area (Å²) < 4.78 is 37.0. The quantitative estimate of drug-likeness (QED) is 0.706. The molecule has 0 fully saturated rings. The van der Waals surface area contributed by atoms with Gasteiger partial charge in [-0.25, -0.2) is 0 Å². The molecule has 0 saturated carbocycles. The number of anilines is 1. The molecule has 0 unspecified atom stereocenters. The van der Waals surface area contributed by atoms with Crippen LogP contribution in [0.1, 0.15) is 11.1 Å². The molecule has 0 aliphatic rings. The normalized spacial score (nSPS) is 11.8. The van der Waals surface area contributed by atoms with Crippen molar-refractivity contribution in [1.82, 2.24) is 0 Å². The van der Waals surface area contributed by atoms with Crippen molar-refractivity contribution < 1.29 is 13.2 Å². The molecule has 0 aliphatic heterocycles. The van der Waals surface area contributed by atoms with Crippen LogP contribution < -0.4 is 5.73 Å². The summed E-state index contributed by atoms with van der Waals surface area (Å²) in [6, 6.07) is 2.40. The second kappa shape index (κ2) is 3.21. The van der Waals surface area contributed by atoms with E-state index in [1.807, 2.05) is 0 Å². The van der Waals surface area contributed by atoms with Crippen LogP contribution in [0.4, 0.5) is 18.9 Å². The Kier molecular flexibility index (Phi) is 2.56. The first-order chi connectivity index (χ1) is 5.82. The van der Waals surface area contributed by atoms with Crippen LogP contribution in [0.3, 0.4) is 0 Å². The minimum atomic E-state index is -4.36. The molecule has 0 spiro atoms. The maximum absolute atomic E-state index is 12.3. The number of alkyl halides is 3. The van der Waals surface area contributed by atoms with Gasteiger partial charge in [0.1, 0.15) is 0 Å². The van der Waals surface area contributed by atoms with Gasteiger partial charge in [-0.15, -0.1) is 0 Å². The summed E-state index contributed by atoms with van der Waals surface area (Å²) >= 11 is 2.87. The van der Waals surface area contributed by atoms with Crippen LogP contribution in [-0.2, 0) is 6.18 Å². The Balaban J connectivity index is 3.37. The van der Waals surface area contributed by atoms with Crippen molar-refractivity contribution in [2.45, 2.75) is 13.1 Å². The van der Waals surface area contributed by atoms with Gasteiger partial charge in [-0.2, -0.15) is 13.2 Å². The zero-order valence-corrected chi connectivity index (χ0v) is 8.33. The molecule has 0 amide bonds. The van der Waals surface area contributed by atoms with E-state index in [4.69, 9.17) is 5.73 Å². The van der Waals surface area contributed by atoms with Crippen molar-refractivity contribution in [1.29, 1.82) is 0 Å². The van der Waals surface area contributed by atoms with Gasteiger partial charge in [-0.3, -0.25) is 0 Å². The Hall–Kier alpha value is -0.710. The van der Waals surface area contributed by atoms with Gasteiger partial charge in [0.25, 0.3) is 0 Å². The average Bonchev–Trinajstić information content (AvgIpc) is 1.94. The van der Waals surface area contributed by atoms with Gasteiger partial charge in [-0.1, -0.05) is 0 Å². The second-order valence-corrected chi connectivity index (χ2v) is 3.49. The Morgan fingerprint density at radius 2 is 1.85 bits per heavy atom. The van der Waals surface area contributed by atoms with Gasteiger partial charge in [0, 0.05) is 10.2 Å². The molecule has 0 bridgehead atoms. The number of aryl methyl sites for hydroxylation is 1. The van der Waals surface area contributed by atoms with Crippen molar-refractivity contribution >= 4 is 21.6 Å². The van der Waals surface area contributed by atoms with Crippen molar-refractivity contribution in [2.24, 2.45) is 0 Å². The summed E-state index contributed by atoms with van der Waals surface area (Å²) in [5.74, 6) is 0. The molecule has 2 N–H and O–H groups in total. The molecule has 0 atom stereocenters. The zero-order chi connectivity index (χ0) is 10.2. The first kappa shape index (κ1) is 10.4. The van der Waals surface area contributed by atoms with Gasteiger partial charge < -0.3 is 5.73 Å². The molecule has 72 valence electrons. The SMILES string of the molecule is Cc1cc(N)cc(C(F)(F)F)c1Br. The van der Waals surface area contributed by atoms with Crippen molar-refractivity contribution in [3.63, 3.8) is 0 Å². The molecule has 13 heavy (non-hydrogen) atoms. The molecule has 0 aliphatic carbocycles. The highest BCUT2D eigenvalue weighted by atomic mass is 79.9. The fraction of sp³-hybridized carbons (Fsp3) is 0.250. The molecular weight excluding hydrogens is 247 g/mol. The van der Waals surface area contributed by atoms with E-state index in [1.54, 1.807) is 6.92 Å². The summed E-state index contributed by atoms with van der Waals surface area (Å²) in [4.78, 5) is 0. The Morgan fingerprint density at radius 1 is 1.31 bits per heavy atom. The number of rotatable bonds is 0. The molecule has 0 radical (unpaired) electrons. The molecule has 0 saturated heterocycles. The molecule has 1 nitrogen and oxygen atoms in total. The molecule has 1 aromatic carbocycles. The molecule has 1 aromatic rings. The third-order valence-corrected chi connectivity index (χ3v) is 2.63. The third-order valence-electron chi connectivity index (χ3n) is 1.58. The first-order valence-corrected chi connectivity index (χ1v) is 4.24. The van der Waals surface area contributed by atoms with Crippen LogP contribution >= 0.6 is 15.9 Å². The van der Waals surface area contributed by atoms with Gasteiger partial charge >= 0.3 is 6.18 Å². The van der Waals surface area contributed by atoms with Crippen LogP contribution in [0, 0.1) is 6.92 Å². The Bertz CT molecular complexity index is 333. The molecular formula is C8H7BrF3N. The van der Waals surface area contributed by atoms with E-state index in [1.165, 1.54) is 6.07 Å². The molecule has 0 heterocycles. The maximum atomic E-state index is 12.3. The molecule has 5 heteroatoms. The zero-order valence-electron chi connectivity index (χ0n) is 6.74. The van der Waals surface area contributed by atoms with Gasteiger partial charge in [0.05, 0.1) is 5.56 Å². The van der Waals surface area contributed by atoms with E-state index in [2.05, 4.69) is 15.9 Å². The van der Waals surface area contributed by atoms with Crippen LogP contribution in [0.5, 0.6) is 0 Å². The van der Waals surface area contributed by atoms with E-state index in [9.17, 15) is 13.2 Å². The second-order valence-electron chi connectivity index (χ2n) is 2.70. The molecule has 0 aromatic heterocycles. The van der Waals surface area contributed by atoms with E-state index < -0.39 is 11.7 Å². The fourth-order valence-corrected chi connectivity index (χ4v) is 1.46. The number of benzene rings is 1. The summed E-state index contributed by atoms with van der Waals surface area (Å²) in [5, 5.41) is 0. The number of nitrogens with two attached hydrogens (primary N) is 1. The predicted molar refractivity (Wildman–Crippen MR) is 48.3 cm³/mol. The standard InChI is InChI=1S/C8H7BrF3N/c1-4-2-5(13)3-6(7(4)9)8(10,11)12/h2-3H,13H2,1H3. The van der Waals surface area contributed by atoms with Crippen LogP contribution in [0.25, 0.3) is 0 Å². The number of halogens is 4. The number of hydrogen-bond donors (Lipinski definition) is 1. The van der Waals surface area contributed by atoms with Crippen molar-refractivity contribution in [3.8, 4) is 0 Å². The smallest absolute Gasteiger partial charge is 0.399 e. The summed E-state index contributed by atoms with van der Waals surface area (Å²) in [6.45, 7) is 1.57. The third kappa shape index (κ3) is 2.15. The minimum absolute atomic E-state index is 0.0502. The van der Waals surface area contributed by atoms with Crippen LogP contribution in [0.15, 0.2) is 16.6 Å². The lowest BCUT2D eigenvalue weighted by molar-refractivity contribution is -0.138.